The third-order valence-corrected chi connectivity index (χ3v) is 3.26. The van der Waals surface area contributed by atoms with Crippen molar-refractivity contribution in [3.63, 3.8) is 0 Å². The van der Waals surface area contributed by atoms with E-state index < -0.39 is 5.97 Å². The number of nitrogens with zero attached hydrogens (tertiary/aromatic N) is 2. The van der Waals surface area contributed by atoms with Crippen LogP contribution < -0.4 is 5.32 Å². The number of hydrogen-bond donors (Lipinski definition) is 2. The summed E-state index contributed by atoms with van der Waals surface area (Å²) in [6.45, 7) is 5.42. The minimum atomic E-state index is -0.777. The molecule has 20 heavy (non-hydrogen) atoms. The summed E-state index contributed by atoms with van der Waals surface area (Å²) in [6, 6.07) is 2.00. The van der Waals surface area contributed by atoms with E-state index in [1.807, 2.05) is 19.9 Å². The predicted molar refractivity (Wildman–Crippen MR) is 76.0 cm³/mol. The van der Waals surface area contributed by atoms with Gasteiger partial charge in [-0.15, -0.1) is 0 Å². The SMILES string of the molecule is CN(CCC#N)C(=O)CNCCC(C)(C)CCC(=O)O. The van der Waals surface area contributed by atoms with E-state index in [1.54, 1.807) is 7.05 Å². The average Bonchev–Trinajstić information content (AvgIpc) is 2.38. The number of carboxylic acid groups (broad SMARTS) is 1. The van der Waals surface area contributed by atoms with Gasteiger partial charge in [0.1, 0.15) is 0 Å². The molecule has 0 spiro atoms. The third kappa shape index (κ3) is 9.34. The zero-order chi connectivity index (χ0) is 15.6. The second-order valence-electron chi connectivity index (χ2n) is 5.71. The molecule has 0 bridgehead atoms. The summed E-state index contributed by atoms with van der Waals surface area (Å²) in [5.74, 6) is -0.816. The molecule has 1 amide bonds. The van der Waals surface area contributed by atoms with Crippen molar-refractivity contribution in [3.8, 4) is 6.07 Å². The molecule has 0 saturated carbocycles. The number of likely N-dealkylation sites (N-methyl/N-ethyl adjacent to an activating group) is 1. The molecule has 0 radical (unpaired) electrons. The van der Waals surface area contributed by atoms with Crippen LogP contribution in [-0.2, 0) is 9.59 Å². The number of carbonyl (C=O) groups is 2. The summed E-state index contributed by atoms with van der Waals surface area (Å²) < 4.78 is 0. The van der Waals surface area contributed by atoms with Gasteiger partial charge in [-0.05, 0) is 24.8 Å². The van der Waals surface area contributed by atoms with E-state index in [-0.39, 0.29) is 24.3 Å². The van der Waals surface area contributed by atoms with E-state index in [0.717, 1.165) is 6.42 Å². The summed E-state index contributed by atoms with van der Waals surface area (Å²) >= 11 is 0. The molecule has 0 atom stereocenters. The maximum absolute atomic E-state index is 11.7. The summed E-state index contributed by atoms with van der Waals surface area (Å²) in [5.41, 5.74) is -0.0544. The van der Waals surface area contributed by atoms with Gasteiger partial charge in [0.2, 0.25) is 5.91 Å². The Hall–Kier alpha value is -1.61. The molecule has 0 aromatic rings. The first-order valence-corrected chi connectivity index (χ1v) is 6.82. The van der Waals surface area contributed by atoms with Crippen molar-refractivity contribution < 1.29 is 14.7 Å². The molecule has 0 saturated heterocycles. The maximum atomic E-state index is 11.7. The Morgan fingerprint density at radius 1 is 1.35 bits per heavy atom. The fourth-order valence-electron chi connectivity index (χ4n) is 1.67. The number of carbonyl (C=O) groups excluding carboxylic acids is 1. The number of nitrogens with one attached hydrogen (secondary N) is 1. The summed E-state index contributed by atoms with van der Waals surface area (Å²) in [4.78, 5) is 23.7. The summed E-state index contributed by atoms with van der Waals surface area (Å²) in [5, 5.41) is 20.2. The van der Waals surface area contributed by atoms with Gasteiger partial charge in [0.25, 0.3) is 0 Å². The zero-order valence-corrected chi connectivity index (χ0v) is 12.6. The van der Waals surface area contributed by atoms with Gasteiger partial charge in [-0.3, -0.25) is 9.59 Å². The lowest BCUT2D eigenvalue weighted by Crippen LogP contribution is -2.37. The number of amides is 1. The molecule has 0 aromatic heterocycles. The van der Waals surface area contributed by atoms with Gasteiger partial charge < -0.3 is 15.3 Å². The molecular weight excluding hydrogens is 258 g/mol. The normalized spacial score (nSPS) is 10.9. The van der Waals surface area contributed by atoms with Crippen molar-refractivity contribution in [1.29, 1.82) is 5.26 Å². The minimum absolute atomic E-state index is 0.0383. The molecule has 6 heteroatoms. The molecule has 6 nitrogen and oxygen atoms in total. The Balaban J connectivity index is 3.82. The first-order valence-electron chi connectivity index (χ1n) is 6.82. The van der Waals surface area contributed by atoms with E-state index in [4.69, 9.17) is 10.4 Å². The molecule has 0 aliphatic rings. The first kappa shape index (κ1) is 18.4. The second kappa shape index (κ2) is 9.32. The Morgan fingerprint density at radius 3 is 2.55 bits per heavy atom. The average molecular weight is 283 g/mol. The van der Waals surface area contributed by atoms with Crippen LogP contribution in [-0.4, -0.2) is 48.6 Å². The Bertz CT molecular complexity index is 361. The lowest BCUT2D eigenvalue weighted by molar-refractivity contribution is -0.137. The quantitative estimate of drug-likeness (QED) is 0.588. The van der Waals surface area contributed by atoms with Crippen molar-refractivity contribution in [1.82, 2.24) is 10.2 Å². The fourth-order valence-corrected chi connectivity index (χ4v) is 1.67. The van der Waals surface area contributed by atoms with Crippen molar-refractivity contribution in [3.05, 3.63) is 0 Å². The smallest absolute Gasteiger partial charge is 0.303 e. The number of nitriles is 1. The first-order chi connectivity index (χ1) is 9.28. The highest BCUT2D eigenvalue weighted by Crippen LogP contribution is 2.25. The molecule has 0 aromatic carbocycles. The summed E-state index contributed by atoms with van der Waals surface area (Å²) in [6.07, 6.45) is 1.95. The van der Waals surface area contributed by atoms with E-state index in [0.29, 0.717) is 25.9 Å². The van der Waals surface area contributed by atoms with E-state index in [2.05, 4.69) is 5.32 Å². The van der Waals surface area contributed by atoms with Gasteiger partial charge in [0.15, 0.2) is 0 Å². The van der Waals surface area contributed by atoms with Gasteiger partial charge in [-0.25, -0.2) is 0 Å². The molecule has 0 unspecified atom stereocenters. The summed E-state index contributed by atoms with van der Waals surface area (Å²) in [7, 11) is 1.68. The van der Waals surface area contributed by atoms with Crippen molar-refractivity contribution in [2.45, 2.75) is 39.5 Å². The molecule has 0 aliphatic heterocycles. The maximum Gasteiger partial charge on any atom is 0.303 e. The Morgan fingerprint density at radius 2 is 2.00 bits per heavy atom. The van der Waals surface area contributed by atoms with Crippen LogP contribution in [0.1, 0.15) is 39.5 Å². The number of hydrogen-bond acceptors (Lipinski definition) is 4. The lowest BCUT2D eigenvalue weighted by atomic mass is 9.84. The van der Waals surface area contributed by atoms with Crippen LogP contribution in [0.4, 0.5) is 0 Å². The van der Waals surface area contributed by atoms with Crippen LogP contribution in [0.2, 0.25) is 0 Å². The van der Waals surface area contributed by atoms with Crippen LogP contribution in [0.25, 0.3) is 0 Å². The van der Waals surface area contributed by atoms with Gasteiger partial charge >= 0.3 is 5.97 Å². The Labute approximate surface area is 120 Å². The number of carboxylic acids is 1. The monoisotopic (exact) mass is 283 g/mol. The van der Waals surface area contributed by atoms with Crippen LogP contribution in [0.3, 0.4) is 0 Å². The molecule has 114 valence electrons. The van der Waals surface area contributed by atoms with Gasteiger partial charge in [-0.2, -0.15) is 5.26 Å². The highest BCUT2D eigenvalue weighted by atomic mass is 16.4. The van der Waals surface area contributed by atoms with Crippen LogP contribution >= 0.6 is 0 Å². The van der Waals surface area contributed by atoms with E-state index in [9.17, 15) is 9.59 Å². The third-order valence-electron chi connectivity index (χ3n) is 3.26. The van der Waals surface area contributed by atoms with Gasteiger partial charge in [-0.1, -0.05) is 13.8 Å². The fraction of sp³-hybridized carbons (Fsp3) is 0.786. The second-order valence-corrected chi connectivity index (χ2v) is 5.71. The Kier molecular flexibility index (Phi) is 8.57. The van der Waals surface area contributed by atoms with E-state index in [1.165, 1.54) is 4.90 Å². The van der Waals surface area contributed by atoms with Crippen LogP contribution in [0.15, 0.2) is 0 Å². The van der Waals surface area contributed by atoms with Crippen LogP contribution in [0.5, 0.6) is 0 Å². The molecule has 2 N–H and O–H groups in total. The van der Waals surface area contributed by atoms with Gasteiger partial charge in [0.05, 0.1) is 19.0 Å². The number of aliphatic carboxylic acids is 1. The van der Waals surface area contributed by atoms with E-state index >= 15 is 0 Å². The van der Waals surface area contributed by atoms with Crippen LogP contribution in [0, 0.1) is 16.7 Å². The highest BCUT2D eigenvalue weighted by molar-refractivity contribution is 5.77. The molecule has 0 fully saturated rings. The predicted octanol–water partition coefficient (Wildman–Crippen LogP) is 1.23. The minimum Gasteiger partial charge on any atom is -0.481 e. The zero-order valence-electron chi connectivity index (χ0n) is 12.6. The largest absolute Gasteiger partial charge is 0.481 e. The van der Waals surface area contributed by atoms with Crippen molar-refractivity contribution >= 4 is 11.9 Å². The standard InChI is InChI=1S/C14H25N3O3/c1-14(2,6-5-13(19)20)7-9-16-11-12(18)17(3)10-4-8-15/h16H,4-7,9-11H2,1-3H3,(H,19,20). The topological polar surface area (TPSA) is 93.4 Å². The highest BCUT2D eigenvalue weighted by Gasteiger charge is 2.18. The van der Waals surface area contributed by atoms with Crippen molar-refractivity contribution in [2.24, 2.45) is 5.41 Å². The van der Waals surface area contributed by atoms with Crippen molar-refractivity contribution in [2.75, 3.05) is 26.7 Å². The van der Waals surface area contributed by atoms with Gasteiger partial charge in [0, 0.05) is 20.0 Å². The molecule has 0 heterocycles. The molecule has 0 rings (SSSR count). The molecular formula is C14H25N3O3. The molecule has 0 aliphatic carbocycles. The lowest BCUT2D eigenvalue weighted by Gasteiger charge is -2.24. The number of rotatable bonds is 10.